The van der Waals surface area contributed by atoms with E-state index in [-0.39, 0.29) is 0 Å². The van der Waals surface area contributed by atoms with Crippen LogP contribution in [0.3, 0.4) is 0 Å². The zero-order chi connectivity index (χ0) is 17.5. The molecule has 130 valence electrons. The summed E-state index contributed by atoms with van der Waals surface area (Å²) in [6.07, 6.45) is 2.85. The van der Waals surface area contributed by atoms with Crippen LogP contribution in [-0.4, -0.2) is 24.0 Å². The lowest BCUT2D eigenvalue weighted by atomic mass is 10.1. The van der Waals surface area contributed by atoms with E-state index in [1.54, 1.807) is 11.3 Å². The van der Waals surface area contributed by atoms with Crippen molar-refractivity contribution in [2.24, 2.45) is 4.99 Å². The van der Waals surface area contributed by atoms with Crippen LogP contribution >= 0.6 is 11.3 Å². The molecule has 1 heterocycles. The molecule has 0 amide bonds. The molecule has 1 aromatic heterocycles. The molecule has 0 saturated heterocycles. The molecule has 0 aliphatic heterocycles. The first-order valence-electron chi connectivity index (χ1n) is 8.66. The third kappa shape index (κ3) is 5.03. The van der Waals surface area contributed by atoms with Crippen LogP contribution in [0, 0.1) is 6.92 Å². The summed E-state index contributed by atoms with van der Waals surface area (Å²) < 4.78 is 0. The summed E-state index contributed by atoms with van der Waals surface area (Å²) in [4.78, 5) is 10.4. The number of aryl methyl sites for hydroxylation is 1. The van der Waals surface area contributed by atoms with Crippen molar-refractivity contribution in [2.75, 3.05) is 13.1 Å². The molecule has 0 atom stereocenters. The smallest absolute Gasteiger partial charge is 0.191 e. The van der Waals surface area contributed by atoms with Gasteiger partial charge in [0.15, 0.2) is 5.96 Å². The minimum absolute atomic E-state index is 0.663. The van der Waals surface area contributed by atoms with Crippen molar-refractivity contribution in [3.8, 4) is 0 Å². The fourth-order valence-corrected chi connectivity index (χ4v) is 3.44. The maximum Gasteiger partial charge on any atom is 0.191 e. The first kappa shape index (κ1) is 17.4. The Hall–Kier alpha value is -2.40. The molecule has 3 rings (SSSR count). The van der Waals surface area contributed by atoms with E-state index < -0.39 is 0 Å². The van der Waals surface area contributed by atoms with Gasteiger partial charge in [-0.2, -0.15) is 0 Å². The lowest BCUT2D eigenvalue weighted by Crippen LogP contribution is -2.38. The lowest BCUT2D eigenvalue weighted by Gasteiger charge is -2.11. The third-order valence-corrected chi connectivity index (χ3v) is 4.85. The molecule has 2 N–H and O–H groups in total. The zero-order valence-corrected chi connectivity index (χ0v) is 15.6. The summed E-state index contributed by atoms with van der Waals surface area (Å²) in [6.45, 7) is 6.51. The van der Waals surface area contributed by atoms with Crippen LogP contribution in [0.1, 0.15) is 22.4 Å². The molecular weight excluding hydrogens is 328 g/mol. The van der Waals surface area contributed by atoms with E-state index in [1.165, 1.54) is 21.2 Å². The normalized spacial score (nSPS) is 11.7. The van der Waals surface area contributed by atoms with Crippen LogP contribution in [0.4, 0.5) is 0 Å². The van der Waals surface area contributed by atoms with Gasteiger partial charge in [-0.1, -0.05) is 36.4 Å². The van der Waals surface area contributed by atoms with Gasteiger partial charge in [0, 0.05) is 30.6 Å². The minimum Gasteiger partial charge on any atom is -0.357 e. The fourth-order valence-electron chi connectivity index (χ4n) is 2.65. The molecule has 0 spiro atoms. The molecule has 0 aliphatic rings. The largest absolute Gasteiger partial charge is 0.357 e. The molecule has 4 nitrogen and oxygen atoms in total. The van der Waals surface area contributed by atoms with Gasteiger partial charge in [0.2, 0.25) is 0 Å². The Balaban J connectivity index is 1.60. The Labute approximate surface area is 153 Å². The number of thiazole rings is 1. The first-order chi connectivity index (χ1) is 12.2. The number of hydrogen-bond donors (Lipinski definition) is 2. The van der Waals surface area contributed by atoms with E-state index in [0.29, 0.717) is 6.54 Å². The monoisotopic (exact) mass is 352 g/mol. The summed E-state index contributed by atoms with van der Waals surface area (Å²) in [7, 11) is 0. The van der Waals surface area contributed by atoms with Gasteiger partial charge in [-0.3, -0.25) is 0 Å². The van der Waals surface area contributed by atoms with E-state index in [4.69, 9.17) is 4.99 Å². The van der Waals surface area contributed by atoms with E-state index >= 15 is 0 Å². The number of fused-ring (bicyclic) bond motifs is 1. The number of rotatable bonds is 6. The Kier molecular flexibility index (Phi) is 6.01. The third-order valence-electron chi connectivity index (χ3n) is 3.88. The van der Waals surface area contributed by atoms with Crippen LogP contribution in [0.15, 0.2) is 53.7 Å². The molecule has 2 aromatic carbocycles. The Morgan fingerprint density at radius 1 is 1.12 bits per heavy atom. The highest BCUT2D eigenvalue weighted by molar-refractivity contribution is 7.11. The quantitative estimate of drug-likeness (QED) is 0.522. The van der Waals surface area contributed by atoms with Gasteiger partial charge < -0.3 is 10.6 Å². The average Bonchev–Trinajstić information content (AvgIpc) is 3.04. The zero-order valence-electron chi connectivity index (χ0n) is 14.7. The van der Waals surface area contributed by atoms with Crippen LogP contribution < -0.4 is 10.6 Å². The van der Waals surface area contributed by atoms with Crippen LogP contribution in [0.5, 0.6) is 0 Å². The minimum atomic E-state index is 0.663. The highest BCUT2D eigenvalue weighted by Crippen LogP contribution is 2.16. The van der Waals surface area contributed by atoms with Crippen molar-refractivity contribution >= 4 is 28.1 Å². The van der Waals surface area contributed by atoms with Crippen LogP contribution in [0.2, 0.25) is 0 Å². The van der Waals surface area contributed by atoms with Crippen LogP contribution in [0.25, 0.3) is 10.8 Å². The number of guanidine groups is 1. The van der Waals surface area contributed by atoms with Gasteiger partial charge in [0.25, 0.3) is 0 Å². The van der Waals surface area contributed by atoms with Crippen molar-refractivity contribution in [1.82, 2.24) is 15.6 Å². The van der Waals surface area contributed by atoms with Gasteiger partial charge in [0.05, 0.1) is 11.6 Å². The van der Waals surface area contributed by atoms with Crippen molar-refractivity contribution in [3.63, 3.8) is 0 Å². The van der Waals surface area contributed by atoms with Crippen molar-refractivity contribution in [2.45, 2.75) is 26.8 Å². The molecule has 0 radical (unpaired) electrons. The Morgan fingerprint density at radius 2 is 1.96 bits per heavy atom. The maximum absolute atomic E-state index is 4.70. The highest BCUT2D eigenvalue weighted by Gasteiger charge is 2.01. The molecule has 5 heteroatoms. The fraction of sp³-hybridized carbons (Fsp3) is 0.300. The molecule has 0 aliphatic carbocycles. The van der Waals surface area contributed by atoms with Gasteiger partial charge in [-0.25, -0.2) is 9.98 Å². The predicted molar refractivity (Wildman–Crippen MR) is 107 cm³/mol. The number of aliphatic imine (C=N–C) groups is 1. The SMILES string of the molecule is CCNC(=NCc1ccc2ccccc2c1)NCCc1ncc(C)s1. The van der Waals surface area contributed by atoms with Crippen molar-refractivity contribution in [3.05, 3.63) is 64.1 Å². The Morgan fingerprint density at radius 3 is 2.72 bits per heavy atom. The van der Waals surface area contributed by atoms with E-state index in [1.807, 2.05) is 6.20 Å². The van der Waals surface area contributed by atoms with E-state index in [9.17, 15) is 0 Å². The molecule has 0 unspecified atom stereocenters. The van der Waals surface area contributed by atoms with Gasteiger partial charge in [-0.05, 0) is 36.2 Å². The lowest BCUT2D eigenvalue weighted by molar-refractivity contribution is 0.796. The summed E-state index contributed by atoms with van der Waals surface area (Å²) in [5, 5.41) is 10.4. The first-order valence-corrected chi connectivity index (χ1v) is 9.47. The van der Waals surface area contributed by atoms with E-state index in [0.717, 1.165) is 30.5 Å². The second kappa shape index (κ2) is 8.62. The number of nitrogens with one attached hydrogen (secondary N) is 2. The standard InChI is InChI=1S/C20H24N4S/c1-3-21-20(22-11-10-19-23-13-15(2)25-19)24-14-16-8-9-17-6-4-5-7-18(17)12-16/h4-9,12-13H,3,10-11,14H2,1-2H3,(H2,21,22,24). The van der Waals surface area contributed by atoms with Gasteiger partial charge in [0.1, 0.15) is 0 Å². The number of hydrogen-bond acceptors (Lipinski definition) is 3. The Bertz CT molecular complexity index is 854. The summed E-state index contributed by atoms with van der Waals surface area (Å²) in [5.41, 5.74) is 1.21. The number of aromatic nitrogens is 1. The average molecular weight is 353 g/mol. The summed E-state index contributed by atoms with van der Waals surface area (Å²) in [5.74, 6) is 0.851. The predicted octanol–water partition coefficient (Wildman–Crippen LogP) is 3.90. The molecule has 0 saturated carbocycles. The second-order valence-corrected chi connectivity index (χ2v) is 7.24. The molecular formula is C20H24N4S. The van der Waals surface area contributed by atoms with E-state index in [2.05, 4.69) is 71.9 Å². The molecule has 25 heavy (non-hydrogen) atoms. The highest BCUT2D eigenvalue weighted by atomic mass is 32.1. The topological polar surface area (TPSA) is 49.3 Å². The maximum atomic E-state index is 4.70. The second-order valence-electron chi connectivity index (χ2n) is 5.92. The van der Waals surface area contributed by atoms with Gasteiger partial charge in [-0.15, -0.1) is 11.3 Å². The van der Waals surface area contributed by atoms with Crippen LogP contribution in [-0.2, 0) is 13.0 Å². The molecule has 0 fully saturated rings. The molecule has 0 bridgehead atoms. The summed E-state index contributed by atoms with van der Waals surface area (Å²) in [6, 6.07) is 14.9. The molecule has 3 aromatic rings. The van der Waals surface area contributed by atoms with Crippen molar-refractivity contribution in [1.29, 1.82) is 0 Å². The summed E-state index contributed by atoms with van der Waals surface area (Å²) >= 11 is 1.75. The van der Waals surface area contributed by atoms with Gasteiger partial charge >= 0.3 is 0 Å². The number of nitrogens with zero attached hydrogens (tertiary/aromatic N) is 2. The van der Waals surface area contributed by atoms with Crippen molar-refractivity contribution < 1.29 is 0 Å². The number of benzene rings is 2.